The van der Waals surface area contributed by atoms with Gasteiger partial charge >= 0.3 is 0 Å². The number of amides is 1. The fourth-order valence-corrected chi connectivity index (χ4v) is 4.34. The molecule has 1 amide bonds. The van der Waals surface area contributed by atoms with E-state index in [1.165, 1.54) is 6.20 Å². The molecule has 1 aliphatic heterocycles. The smallest absolute Gasteiger partial charge is 0.268 e. The number of hydrogen-bond donors (Lipinski definition) is 0. The zero-order valence-corrected chi connectivity index (χ0v) is 17.9. The summed E-state index contributed by atoms with van der Waals surface area (Å²) in [5.41, 5.74) is 4.36. The second kappa shape index (κ2) is 8.79. The summed E-state index contributed by atoms with van der Waals surface area (Å²) in [5, 5.41) is 9.72. The molecule has 2 aliphatic rings. The molecule has 1 fully saturated rings. The number of ketones is 1. The van der Waals surface area contributed by atoms with Crippen molar-refractivity contribution >= 4 is 34.4 Å². The molecule has 2 heterocycles. The lowest BCUT2D eigenvalue weighted by Crippen LogP contribution is -2.36. The number of allylic oxidation sites excluding steroid dienone is 2. The highest BCUT2D eigenvalue weighted by atomic mass is 35.5. The third kappa shape index (κ3) is 4.42. The Morgan fingerprint density at radius 3 is 2.53 bits per heavy atom. The van der Waals surface area contributed by atoms with Crippen LogP contribution in [0.5, 0.6) is 0 Å². The summed E-state index contributed by atoms with van der Waals surface area (Å²) in [6.07, 6.45) is 3.82. The van der Waals surface area contributed by atoms with Gasteiger partial charge < -0.3 is 4.90 Å². The van der Waals surface area contributed by atoms with Crippen molar-refractivity contribution in [2.75, 3.05) is 6.54 Å². The molecule has 2 aromatic rings. The summed E-state index contributed by atoms with van der Waals surface area (Å²) in [5.74, 6) is -3.94. The van der Waals surface area contributed by atoms with Gasteiger partial charge in [-0.2, -0.15) is 5.26 Å². The number of nitrogens with zero attached hydrogens (tertiary/aromatic N) is 3. The first-order valence-electron chi connectivity index (χ1n) is 10.3. The maximum absolute atomic E-state index is 13.6. The largest absolute Gasteiger partial charge is 0.320 e. The summed E-state index contributed by atoms with van der Waals surface area (Å²) < 4.78 is 27.2. The lowest BCUT2D eigenvalue weighted by atomic mass is 9.78. The molecule has 0 saturated carbocycles. The third-order valence-corrected chi connectivity index (χ3v) is 6.19. The molecule has 0 bridgehead atoms. The van der Waals surface area contributed by atoms with E-state index in [4.69, 9.17) is 16.9 Å². The molecule has 4 rings (SSSR count). The summed E-state index contributed by atoms with van der Waals surface area (Å²) in [7, 11) is 0. The Hall–Kier alpha value is -3.11. The van der Waals surface area contributed by atoms with Gasteiger partial charge in [-0.3, -0.25) is 14.6 Å². The molecule has 8 heteroatoms. The van der Waals surface area contributed by atoms with E-state index in [1.54, 1.807) is 18.3 Å². The van der Waals surface area contributed by atoms with Crippen LogP contribution in [0.3, 0.4) is 0 Å². The fourth-order valence-electron chi connectivity index (χ4n) is 4.21. The summed E-state index contributed by atoms with van der Waals surface area (Å²) in [6, 6.07) is 9.71. The Labute approximate surface area is 189 Å². The van der Waals surface area contributed by atoms with Crippen LogP contribution in [0.25, 0.3) is 11.1 Å². The number of hydrogen-bond acceptors (Lipinski definition) is 4. The highest BCUT2D eigenvalue weighted by Crippen LogP contribution is 2.43. The first-order valence-corrected chi connectivity index (χ1v) is 10.7. The first-order chi connectivity index (χ1) is 15.3. The lowest BCUT2D eigenvalue weighted by Gasteiger charge is -2.26. The summed E-state index contributed by atoms with van der Waals surface area (Å²) >= 11 is 5.98. The number of benzene rings is 1. The van der Waals surface area contributed by atoms with E-state index in [-0.39, 0.29) is 18.6 Å². The molecule has 1 aromatic carbocycles. The minimum absolute atomic E-state index is 0.125. The van der Waals surface area contributed by atoms with Crippen molar-refractivity contribution in [1.82, 2.24) is 9.88 Å². The average molecular weight is 456 g/mol. The van der Waals surface area contributed by atoms with E-state index in [0.717, 1.165) is 40.0 Å². The lowest BCUT2D eigenvalue weighted by molar-refractivity contribution is -0.132. The maximum Gasteiger partial charge on any atom is 0.268 e. The molecular weight excluding hydrogens is 436 g/mol. The van der Waals surface area contributed by atoms with Gasteiger partial charge in [0.25, 0.3) is 5.92 Å². The Morgan fingerprint density at radius 2 is 1.88 bits per heavy atom. The molecule has 1 aliphatic carbocycles. The van der Waals surface area contributed by atoms with E-state index >= 15 is 0 Å². The Morgan fingerprint density at radius 1 is 1.16 bits per heavy atom. The zero-order valence-electron chi connectivity index (χ0n) is 17.2. The van der Waals surface area contributed by atoms with E-state index < -0.39 is 30.8 Å². The average Bonchev–Trinajstić information content (AvgIpc) is 3.08. The van der Waals surface area contributed by atoms with Crippen molar-refractivity contribution in [2.45, 2.75) is 44.1 Å². The number of carbonyl (C=O) groups is 2. The second-order valence-electron chi connectivity index (χ2n) is 8.04. The third-order valence-electron chi connectivity index (χ3n) is 5.93. The quantitative estimate of drug-likeness (QED) is 0.564. The Kier molecular flexibility index (Phi) is 6.07. The highest BCUT2D eigenvalue weighted by molar-refractivity contribution is 6.30. The van der Waals surface area contributed by atoms with Crippen molar-refractivity contribution in [2.24, 2.45) is 0 Å². The van der Waals surface area contributed by atoms with Crippen molar-refractivity contribution in [3.63, 3.8) is 0 Å². The van der Waals surface area contributed by atoms with Crippen LogP contribution in [0.4, 0.5) is 8.78 Å². The van der Waals surface area contributed by atoms with Crippen LogP contribution < -0.4 is 0 Å². The van der Waals surface area contributed by atoms with E-state index in [2.05, 4.69) is 4.98 Å². The van der Waals surface area contributed by atoms with E-state index in [1.807, 2.05) is 24.3 Å². The van der Waals surface area contributed by atoms with Gasteiger partial charge in [-0.05, 0) is 47.8 Å². The number of rotatable bonds is 6. The predicted molar refractivity (Wildman–Crippen MR) is 116 cm³/mol. The molecule has 1 aromatic heterocycles. The van der Waals surface area contributed by atoms with Gasteiger partial charge in [-0.15, -0.1) is 0 Å². The second-order valence-corrected chi connectivity index (χ2v) is 8.47. The van der Waals surface area contributed by atoms with Crippen molar-refractivity contribution in [3.8, 4) is 6.07 Å². The van der Waals surface area contributed by atoms with Gasteiger partial charge in [0.05, 0.1) is 12.6 Å². The van der Waals surface area contributed by atoms with Crippen molar-refractivity contribution < 1.29 is 18.4 Å². The standard InChI is InChI=1S/C24H20ClF2N3O2/c25-16-3-1-15(2-4-16)18-5-6-19(18)21-13-29-10-9-20(21)22(31)7-8-23(32)30-14-24(26,27)11-17(30)12-28/h1-4,9-10,13,17H,5-8,11,14H2/t17-/m0/s1. The van der Waals surface area contributed by atoms with Crippen LogP contribution in [0.15, 0.2) is 42.7 Å². The van der Waals surface area contributed by atoms with Crippen LogP contribution in [0, 0.1) is 11.3 Å². The van der Waals surface area contributed by atoms with Crippen LogP contribution in [0.1, 0.15) is 53.6 Å². The number of Topliss-reactive ketones (excluding diaryl/α,β-unsaturated/α-hetero) is 1. The number of carbonyl (C=O) groups excluding carboxylic acids is 2. The molecule has 0 N–H and O–H groups in total. The maximum atomic E-state index is 13.6. The van der Waals surface area contributed by atoms with Gasteiger partial charge in [-0.1, -0.05) is 23.7 Å². The molecule has 164 valence electrons. The van der Waals surface area contributed by atoms with E-state index in [9.17, 15) is 18.4 Å². The monoisotopic (exact) mass is 455 g/mol. The van der Waals surface area contributed by atoms with Crippen LogP contribution in [0.2, 0.25) is 5.02 Å². The first kappa shape index (κ1) is 22.1. The zero-order chi connectivity index (χ0) is 22.9. The van der Waals surface area contributed by atoms with Gasteiger partial charge in [-0.25, -0.2) is 8.78 Å². The molecule has 32 heavy (non-hydrogen) atoms. The molecule has 0 unspecified atom stereocenters. The van der Waals surface area contributed by atoms with Crippen LogP contribution in [-0.2, 0) is 4.79 Å². The normalized spacial score (nSPS) is 19.4. The minimum Gasteiger partial charge on any atom is -0.320 e. The van der Waals surface area contributed by atoms with Gasteiger partial charge in [0.2, 0.25) is 5.91 Å². The Bertz CT molecular complexity index is 1140. The number of nitriles is 1. The number of pyridine rings is 1. The van der Waals surface area contributed by atoms with Crippen molar-refractivity contribution in [1.29, 1.82) is 5.26 Å². The summed E-state index contributed by atoms with van der Waals surface area (Å²) in [4.78, 5) is 30.4. The molecular formula is C24H20ClF2N3O2. The number of halogens is 3. The number of alkyl halides is 2. The molecule has 1 atom stereocenters. The van der Waals surface area contributed by atoms with Crippen LogP contribution in [-0.4, -0.2) is 40.1 Å². The molecule has 0 radical (unpaired) electrons. The van der Waals surface area contributed by atoms with Crippen LogP contribution >= 0.6 is 11.6 Å². The van der Waals surface area contributed by atoms with Crippen molar-refractivity contribution in [3.05, 3.63) is 64.4 Å². The minimum atomic E-state index is -3.08. The van der Waals surface area contributed by atoms with Gasteiger partial charge in [0, 0.05) is 47.8 Å². The highest BCUT2D eigenvalue weighted by Gasteiger charge is 2.47. The molecule has 5 nitrogen and oxygen atoms in total. The number of likely N-dealkylation sites (tertiary alicyclic amines) is 1. The van der Waals surface area contributed by atoms with Gasteiger partial charge in [0.1, 0.15) is 6.04 Å². The van der Waals surface area contributed by atoms with E-state index in [0.29, 0.717) is 10.6 Å². The Balaban J connectivity index is 1.50. The topological polar surface area (TPSA) is 74.1 Å². The number of aromatic nitrogens is 1. The fraction of sp³-hybridized carbons (Fsp3) is 0.333. The molecule has 0 spiro atoms. The van der Waals surface area contributed by atoms with Gasteiger partial charge in [0.15, 0.2) is 5.78 Å². The summed E-state index contributed by atoms with van der Waals surface area (Å²) in [6.45, 7) is -0.782. The predicted octanol–water partition coefficient (Wildman–Crippen LogP) is 5.16. The SMILES string of the molecule is N#C[C@@H]1CC(F)(F)CN1C(=O)CCC(=O)c1ccncc1C1=C(c2ccc(Cl)cc2)CC1. The molecule has 1 saturated heterocycles.